The van der Waals surface area contributed by atoms with Crippen LogP contribution in [-0.2, 0) is 32.5 Å². The Labute approximate surface area is 453 Å². The minimum atomic E-state index is -0.0299. The van der Waals surface area contributed by atoms with Gasteiger partial charge in [0.15, 0.2) is 0 Å². The van der Waals surface area contributed by atoms with Crippen molar-refractivity contribution in [2.24, 2.45) is 40.9 Å². The molecule has 1 spiro atoms. The predicted octanol–water partition coefficient (Wildman–Crippen LogP) is 16.8. The lowest BCUT2D eigenvalue weighted by Crippen LogP contribution is -2.59. The molecule has 18 rings (SSSR count). The summed E-state index contributed by atoms with van der Waals surface area (Å²) in [6, 6.07) is 39.5. The molecular weight excluding hydrogens is 916 g/mol. The Balaban J connectivity index is 1.04. The molecule has 5 atom stereocenters. The van der Waals surface area contributed by atoms with Gasteiger partial charge in [0.25, 0.3) is 6.71 Å². The number of nitrogens with zero attached hydrogens (tertiary/aromatic N) is 2. The van der Waals surface area contributed by atoms with Gasteiger partial charge in [-0.1, -0.05) is 126 Å². The molecule has 0 radical (unpaired) electrons. The van der Waals surface area contributed by atoms with E-state index in [2.05, 4.69) is 183 Å². The van der Waals surface area contributed by atoms with Gasteiger partial charge in [-0.05, 0) is 260 Å². The fraction of sp³-hybridized carbons (Fsp3) is 0.507. The molecule has 5 unspecified atom stereocenters. The quantitative estimate of drug-likeness (QED) is 0.156. The van der Waals surface area contributed by atoms with Crippen molar-refractivity contribution >= 4 is 66.7 Å². The molecule has 2 aromatic heterocycles. The van der Waals surface area contributed by atoms with Crippen molar-refractivity contribution in [1.82, 2.24) is 9.13 Å². The lowest BCUT2D eigenvalue weighted by Gasteiger charge is -2.58. The third-order valence-corrected chi connectivity index (χ3v) is 23.8. The van der Waals surface area contributed by atoms with Gasteiger partial charge in [0.2, 0.25) is 0 Å². The largest absolute Gasteiger partial charge is 0.310 e. The fourth-order valence-electron chi connectivity index (χ4n) is 20.9. The molecule has 76 heavy (non-hydrogen) atoms. The molecule has 0 N–H and O–H groups in total. The summed E-state index contributed by atoms with van der Waals surface area (Å²) >= 11 is 0. The van der Waals surface area contributed by atoms with E-state index in [1.54, 1.807) is 16.7 Å². The van der Waals surface area contributed by atoms with E-state index in [1.165, 1.54) is 176 Å². The molecule has 8 aromatic rings. The average Bonchev–Trinajstić information content (AvgIpc) is 4.16. The minimum Gasteiger partial charge on any atom is -0.310 e. The van der Waals surface area contributed by atoms with E-state index >= 15 is 0 Å². The maximum Gasteiger partial charge on any atom is 0.252 e. The second-order valence-corrected chi connectivity index (χ2v) is 32.4. The van der Waals surface area contributed by atoms with Gasteiger partial charge in [0.1, 0.15) is 0 Å². The molecule has 6 aromatic carbocycles. The first-order chi connectivity index (χ1) is 36.0. The molecule has 0 amide bonds. The van der Waals surface area contributed by atoms with E-state index in [0.717, 1.165) is 35.5 Å². The zero-order chi connectivity index (χ0) is 51.9. The molecule has 2 nitrogen and oxygen atoms in total. The van der Waals surface area contributed by atoms with Crippen LogP contribution < -0.4 is 16.4 Å². The van der Waals surface area contributed by atoms with Crippen LogP contribution in [0.5, 0.6) is 0 Å². The molecule has 10 aliphatic rings. The lowest BCUT2D eigenvalue weighted by molar-refractivity contribution is -0.00505. The topological polar surface area (TPSA) is 9.86 Å². The Kier molecular flexibility index (Phi) is 8.49. The standard InChI is InChI=1S/C73H81BN2/c1-67(2,3)45-16-18-59-51(27-45)53-29-47(69(7,8)9)31-57-65(53)75(59)61-24-44(25-62-64(61)74(57)58-32-48(70(10,11)12)30-54-52-28-46(68(4,5)6)17-19-60(52)76(62)66(54)58)63-55(71-33-40-20-41(34-71)22-42(21-40)35-71)14-13-15-56(63)72-36-43-23-49-26-50(38-72)73(49,37-43)39-72/h13-19,24-25,27-32,40-43,49-50H,20-23,26,33-39H2,1-12H3. The van der Waals surface area contributed by atoms with E-state index < -0.39 is 0 Å². The summed E-state index contributed by atoms with van der Waals surface area (Å²) in [7, 11) is 0. The SMILES string of the molecule is CC(C)(C)c1ccc2c(c1)c1cc(C(C)(C)C)cc3c1n2-c1cc(-c2c(C45CC6CC(CC(C6)C4)C5)cccc2C24CC5CC6CC(C2)C6(C5)C4)cc2c1B3c1cc(C(C)(C)C)cc3c4cc(C(C)(C)C)ccc4n-2c13. The second kappa shape index (κ2) is 14.0. The van der Waals surface area contributed by atoms with Crippen LogP contribution in [0.25, 0.3) is 66.1 Å². The van der Waals surface area contributed by atoms with Gasteiger partial charge in [-0.25, -0.2) is 0 Å². The Hall–Kier alpha value is -5.02. The van der Waals surface area contributed by atoms with Gasteiger partial charge in [-0.15, -0.1) is 0 Å². The van der Waals surface area contributed by atoms with E-state index in [-0.39, 0.29) is 39.2 Å². The fourth-order valence-corrected chi connectivity index (χ4v) is 20.9. The maximum atomic E-state index is 2.82. The van der Waals surface area contributed by atoms with Crippen LogP contribution in [0.4, 0.5) is 0 Å². The van der Waals surface area contributed by atoms with Gasteiger partial charge in [0.05, 0.1) is 11.0 Å². The molecule has 0 saturated heterocycles. The van der Waals surface area contributed by atoms with Crippen molar-refractivity contribution in [1.29, 1.82) is 0 Å². The van der Waals surface area contributed by atoms with Crippen LogP contribution in [0.15, 0.2) is 91.0 Å². The first-order valence-corrected chi connectivity index (χ1v) is 30.6. The Morgan fingerprint density at radius 2 is 0.908 bits per heavy atom. The smallest absolute Gasteiger partial charge is 0.252 e. The van der Waals surface area contributed by atoms with E-state index in [4.69, 9.17) is 0 Å². The maximum absolute atomic E-state index is 2.82. The number of aromatic nitrogens is 2. The highest BCUT2D eigenvalue weighted by molar-refractivity contribution is 7.00. The van der Waals surface area contributed by atoms with E-state index in [1.807, 2.05) is 0 Å². The normalized spacial score (nSPS) is 30.4. The van der Waals surface area contributed by atoms with Crippen LogP contribution in [0, 0.1) is 40.9 Å². The van der Waals surface area contributed by atoms with Crippen LogP contribution in [-0.4, -0.2) is 15.8 Å². The molecule has 2 aliphatic heterocycles. The molecule has 8 fully saturated rings. The van der Waals surface area contributed by atoms with Gasteiger partial charge in [0, 0.05) is 44.0 Å². The van der Waals surface area contributed by atoms with Crippen molar-refractivity contribution in [3.63, 3.8) is 0 Å². The number of benzene rings is 6. The van der Waals surface area contributed by atoms with Gasteiger partial charge < -0.3 is 9.13 Å². The summed E-state index contributed by atoms with van der Waals surface area (Å²) < 4.78 is 5.64. The highest BCUT2D eigenvalue weighted by Crippen LogP contribution is 2.79. The molecule has 3 heteroatoms. The summed E-state index contributed by atoms with van der Waals surface area (Å²) in [6.07, 6.45) is 17.4. The number of rotatable bonds is 3. The average molecular weight is 997 g/mol. The third kappa shape index (κ3) is 5.77. The number of fused-ring (bicyclic) bond motifs is 12. The van der Waals surface area contributed by atoms with Crippen LogP contribution >= 0.6 is 0 Å². The second-order valence-electron chi connectivity index (χ2n) is 32.4. The molecule has 7 bridgehead atoms. The number of hydrogen-bond acceptors (Lipinski definition) is 0. The van der Waals surface area contributed by atoms with Crippen molar-refractivity contribution < 1.29 is 0 Å². The third-order valence-electron chi connectivity index (χ3n) is 23.8. The molecule has 4 heterocycles. The summed E-state index contributed by atoms with van der Waals surface area (Å²) in [6.45, 7) is 29.1. The molecule has 8 saturated carbocycles. The monoisotopic (exact) mass is 997 g/mol. The molecular formula is C73H81BN2. The summed E-state index contributed by atoms with van der Waals surface area (Å²) in [5.41, 5.74) is 26.4. The zero-order valence-corrected chi connectivity index (χ0v) is 48.1. The van der Waals surface area contributed by atoms with E-state index in [0.29, 0.717) is 5.41 Å². The highest BCUT2D eigenvalue weighted by Gasteiger charge is 2.71. The summed E-state index contributed by atoms with van der Waals surface area (Å²) in [4.78, 5) is 0. The van der Waals surface area contributed by atoms with E-state index in [9.17, 15) is 0 Å². The first-order valence-electron chi connectivity index (χ1n) is 30.6. The predicted molar refractivity (Wildman–Crippen MR) is 322 cm³/mol. The van der Waals surface area contributed by atoms with Crippen LogP contribution in [0.1, 0.15) is 194 Å². The first kappa shape index (κ1) is 46.0. The van der Waals surface area contributed by atoms with Crippen molar-refractivity contribution in [2.75, 3.05) is 0 Å². The van der Waals surface area contributed by atoms with Gasteiger partial charge >= 0.3 is 0 Å². The molecule has 386 valence electrons. The van der Waals surface area contributed by atoms with Gasteiger partial charge in [-0.3, -0.25) is 0 Å². The van der Waals surface area contributed by atoms with Crippen molar-refractivity contribution in [2.45, 2.75) is 193 Å². The Bertz CT molecular complexity index is 3730. The minimum absolute atomic E-state index is 0.0298. The Morgan fingerprint density at radius 3 is 1.41 bits per heavy atom. The van der Waals surface area contributed by atoms with Crippen molar-refractivity contribution in [3.05, 3.63) is 124 Å². The van der Waals surface area contributed by atoms with Crippen molar-refractivity contribution in [3.8, 4) is 22.5 Å². The summed E-state index contributed by atoms with van der Waals surface area (Å²) in [5, 5.41) is 5.66. The lowest BCUT2D eigenvalue weighted by atomic mass is 9.33. The number of hydrogen-bond donors (Lipinski definition) is 0. The molecule has 8 aliphatic carbocycles. The van der Waals surface area contributed by atoms with Gasteiger partial charge in [-0.2, -0.15) is 0 Å². The Morgan fingerprint density at radius 1 is 0.434 bits per heavy atom. The van der Waals surface area contributed by atoms with Crippen LogP contribution in [0.3, 0.4) is 0 Å². The zero-order valence-electron chi connectivity index (χ0n) is 48.1. The van der Waals surface area contributed by atoms with Crippen LogP contribution in [0.2, 0.25) is 0 Å². The summed E-state index contributed by atoms with van der Waals surface area (Å²) in [5.74, 6) is 5.46. The highest BCUT2D eigenvalue weighted by atomic mass is 15.0.